The van der Waals surface area contributed by atoms with Gasteiger partial charge in [0, 0.05) is 34.6 Å². The van der Waals surface area contributed by atoms with Gasteiger partial charge in [-0.05, 0) is 112 Å². The van der Waals surface area contributed by atoms with E-state index in [0.717, 1.165) is 87.9 Å². The Morgan fingerprint density at radius 1 is 0.402 bits per heavy atom. The van der Waals surface area contributed by atoms with Gasteiger partial charge in [-0.3, -0.25) is 14.9 Å². The largest absolute Gasteiger partial charge is 0.493 e. The zero-order chi connectivity index (χ0) is 67.8. The Labute approximate surface area is 540 Å². The van der Waals surface area contributed by atoms with E-state index in [1.165, 1.54) is 15.6 Å². The van der Waals surface area contributed by atoms with Crippen LogP contribution in [0.5, 0.6) is 17.2 Å². The number of hydrogen-bond acceptors (Lipinski definition) is 7. The molecule has 0 saturated carbocycles. The Bertz CT molecular complexity index is 2310. The number of pyridine rings is 1. The van der Waals surface area contributed by atoms with E-state index < -0.39 is 0 Å². The Hall–Kier alpha value is -6.45. The molecule has 11 rings (SSSR count). The number of ether oxygens (including phenoxy) is 3. The number of aromatic nitrogens is 3. The van der Waals surface area contributed by atoms with Crippen molar-refractivity contribution in [1.82, 2.24) is 15.2 Å². The summed E-state index contributed by atoms with van der Waals surface area (Å²) in [6.45, 7) is 61.2. The molecule has 492 valence electrons. The van der Waals surface area contributed by atoms with Crippen molar-refractivity contribution in [1.29, 1.82) is 0 Å². The number of anilines is 1. The second-order valence-corrected chi connectivity index (χ2v) is 23.0. The van der Waals surface area contributed by atoms with Crippen LogP contribution in [-0.2, 0) is 17.6 Å². The maximum absolute atomic E-state index is 10.8. The van der Waals surface area contributed by atoms with Crippen molar-refractivity contribution < 1.29 is 19.0 Å². The van der Waals surface area contributed by atoms with Crippen molar-refractivity contribution in [3.8, 4) is 17.2 Å². The molecule has 0 fully saturated rings. The molecule has 0 atom stereocenters. The molecule has 0 unspecified atom stereocenters. The highest BCUT2D eigenvalue weighted by molar-refractivity contribution is 7.17. The zero-order valence-electron chi connectivity index (χ0n) is 60.6. The SMILES string of the molecule is CC.CC.CC.CC.CC.CC(C)C.CC(C)C.CC(C)C.CC(C)C.CC(C)C.CC(C)C.O=C1Cc2ccccc2N1.c1ccc2[nH]ncc2c1.c1ccc2c(c1)CCO2.c1ccc2c(c1)OCCO2.c1ccc2sccc2c1.c1ccncc1. The van der Waals surface area contributed by atoms with E-state index in [-0.39, 0.29) is 5.91 Å². The van der Waals surface area contributed by atoms with Gasteiger partial charge in [-0.1, -0.05) is 285 Å². The van der Waals surface area contributed by atoms with Crippen LogP contribution in [0, 0.1) is 35.5 Å². The molecule has 3 aliphatic heterocycles. The smallest absolute Gasteiger partial charge is 0.228 e. The summed E-state index contributed by atoms with van der Waals surface area (Å²) in [4.78, 5) is 14.6. The molecule has 8 aromatic rings. The molecule has 8 nitrogen and oxygen atoms in total. The van der Waals surface area contributed by atoms with Crippen LogP contribution in [0.2, 0.25) is 0 Å². The van der Waals surface area contributed by atoms with E-state index in [0.29, 0.717) is 19.6 Å². The van der Waals surface area contributed by atoms with E-state index in [1.54, 1.807) is 23.7 Å². The molecule has 3 aromatic heterocycles. The van der Waals surface area contributed by atoms with Crippen LogP contribution >= 0.6 is 11.3 Å². The van der Waals surface area contributed by atoms with Crippen molar-refractivity contribution >= 4 is 43.9 Å². The number of H-pyrrole nitrogens is 1. The molecular formula is C78H130N4O4S. The van der Waals surface area contributed by atoms with Gasteiger partial charge in [-0.25, -0.2) is 0 Å². The lowest BCUT2D eigenvalue weighted by atomic mass is 10.2. The summed E-state index contributed by atoms with van der Waals surface area (Å²) < 4.78 is 17.3. The first kappa shape index (κ1) is 91.7. The molecule has 0 aliphatic carbocycles. The van der Waals surface area contributed by atoms with Crippen molar-refractivity contribution in [2.24, 2.45) is 35.5 Å². The van der Waals surface area contributed by atoms with Gasteiger partial charge in [-0.15, -0.1) is 11.3 Å². The second-order valence-electron chi connectivity index (χ2n) is 22.1. The predicted octanol–water partition coefficient (Wildman–Crippen LogP) is 24.9. The fraction of sp³-hybridized carbons (Fsp3) is 0.500. The third-order valence-corrected chi connectivity index (χ3v) is 8.87. The fourth-order valence-corrected chi connectivity index (χ4v) is 6.17. The molecule has 0 bridgehead atoms. The summed E-state index contributed by atoms with van der Waals surface area (Å²) >= 11 is 1.79. The number of aromatic amines is 1. The minimum atomic E-state index is 0.0983. The molecule has 3 aliphatic rings. The number of carbonyl (C=O) groups is 1. The van der Waals surface area contributed by atoms with Crippen LogP contribution in [0.3, 0.4) is 0 Å². The number of nitrogens with one attached hydrogen (secondary N) is 2. The number of para-hydroxylation sites is 5. The third kappa shape index (κ3) is 62.4. The van der Waals surface area contributed by atoms with Gasteiger partial charge in [0.2, 0.25) is 5.91 Å². The van der Waals surface area contributed by atoms with Gasteiger partial charge in [0.1, 0.15) is 19.0 Å². The molecule has 0 radical (unpaired) electrons. The number of benzene rings is 5. The highest BCUT2D eigenvalue weighted by atomic mass is 32.1. The highest BCUT2D eigenvalue weighted by Crippen LogP contribution is 2.28. The minimum Gasteiger partial charge on any atom is -0.493 e. The van der Waals surface area contributed by atoms with Crippen molar-refractivity contribution in [2.75, 3.05) is 25.1 Å². The van der Waals surface area contributed by atoms with E-state index in [9.17, 15) is 4.79 Å². The van der Waals surface area contributed by atoms with Crippen molar-refractivity contribution in [2.45, 2.75) is 207 Å². The summed E-state index contributed by atoms with van der Waals surface area (Å²) in [7, 11) is 0. The predicted molar refractivity (Wildman–Crippen MR) is 394 cm³/mol. The van der Waals surface area contributed by atoms with Crippen LogP contribution in [0.15, 0.2) is 170 Å². The molecule has 2 N–H and O–H groups in total. The van der Waals surface area contributed by atoms with Crippen LogP contribution in [-0.4, -0.2) is 40.9 Å². The average molecular weight is 1220 g/mol. The lowest BCUT2D eigenvalue weighted by molar-refractivity contribution is -0.115. The van der Waals surface area contributed by atoms with Gasteiger partial charge in [0.15, 0.2) is 11.5 Å². The summed E-state index contributed by atoms with van der Waals surface area (Å²) in [6.07, 6.45) is 6.93. The van der Waals surface area contributed by atoms with Crippen molar-refractivity contribution in [3.63, 3.8) is 0 Å². The third-order valence-electron chi connectivity index (χ3n) is 7.97. The van der Waals surface area contributed by atoms with Gasteiger partial charge in [0.25, 0.3) is 0 Å². The second kappa shape index (κ2) is 67.1. The molecule has 0 saturated heterocycles. The Morgan fingerprint density at radius 2 is 0.782 bits per heavy atom. The zero-order valence-corrected chi connectivity index (χ0v) is 61.4. The number of thiophene rings is 1. The lowest BCUT2D eigenvalue weighted by Gasteiger charge is -2.17. The molecular weight excluding hydrogens is 1090 g/mol. The molecule has 0 spiro atoms. The summed E-state index contributed by atoms with van der Waals surface area (Å²) in [5.74, 6) is 7.88. The maximum atomic E-state index is 10.8. The maximum Gasteiger partial charge on any atom is 0.228 e. The molecule has 87 heavy (non-hydrogen) atoms. The van der Waals surface area contributed by atoms with Gasteiger partial charge in [-0.2, -0.15) is 5.10 Å². The average Bonchev–Trinajstić information content (AvgIpc) is 4.57. The summed E-state index contributed by atoms with van der Waals surface area (Å²) in [6, 6.07) is 47.9. The molecule has 1 amide bonds. The molecule has 9 heteroatoms. The minimum absolute atomic E-state index is 0.0983. The van der Waals surface area contributed by atoms with E-state index >= 15 is 0 Å². The highest BCUT2D eigenvalue weighted by Gasteiger charge is 2.15. The normalized spacial score (nSPS) is 10.4. The Kier molecular flexibility index (Phi) is 70.7. The number of hydrogen-bond donors (Lipinski definition) is 2. The molecule has 6 heterocycles. The first-order valence-corrected chi connectivity index (χ1v) is 33.6. The van der Waals surface area contributed by atoms with Crippen molar-refractivity contribution in [3.05, 3.63) is 181 Å². The van der Waals surface area contributed by atoms with Gasteiger partial charge >= 0.3 is 0 Å². The number of rotatable bonds is 0. The van der Waals surface area contributed by atoms with Gasteiger partial charge < -0.3 is 19.5 Å². The van der Waals surface area contributed by atoms with Crippen LogP contribution < -0.4 is 19.5 Å². The number of amides is 1. The standard InChI is InChI=1S/C8H7NO.C8H8O2.C8H8O.C8H6S.C7H6N2.C5H5N.6C4H10.5C2H6/c10-8-5-6-3-1-2-4-7(6)9-8;1-2-4-8-7(3-1)9-5-6-10-8;2*1-2-4-8-7(3-1)5-6-9-8;1-2-4-7-6(3-1)5-8-9-7;1-2-4-6-5-3-1;6*1-4(2)3;5*1-2/h1-4H,5H2,(H,9,10);1-4H,5-6H2;1-4H,5-6H2;1-6H;1-5H,(H,8,9);1-5H;6*4H,1-3H3;5*1-2H3. The first-order valence-electron chi connectivity index (χ1n) is 32.7. The quantitative estimate of drug-likeness (QED) is 0.157. The van der Waals surface area contributed by atoms with Gasteiger partial charge in [0.05, 0.1) is 24.7 Å². The molecule has 5 aromatic carbocycles. The van der Waals surface area contributed by atoms with Crippen LogP contribution in [0.1, 0.15) is 205 Å². The van der Waals surface area contributed by atoms with E-state index in [1.807, 2.05) is 185 Å². The number of carbonyl (C=O) groups excluding carboxylic acids is 1. The monoisotopic (exact) mass is 1220 g/mol. The van der Waals surface area contributed by atoms with Crippen LogP contribution in [0.4, 0.5) is 5.69 Å². The topological polar surface area (TPSA) is 98.4 Å². The summed E-state index contributed by atoms with van der Waals surface area (Å²) in [5, 5.41) is 14.1. The first-order chi connectivity index (χ1) is 41.6. The van der Waals surface area contributed by atoms with E-state index in [4.69, 9.17) is 14.2 Å². The van der Waals surface area contributed by atoms with E-state index in [2.05, 4.69) is 187 Å². The number of fused-ring (bicyclic) bond motifs is 5. The number of nitrogens with zero attached hydrogens (tertiary/aromatic N) is 2. The Morgan fingerprint density at radius 3 is 1.18 bits per heavy atom. The van der Waals surface area contributed by atoms with Crippen LogP contribution in [0.25, 0.3) is 21.0 Å². The lowest BCUT2D eigenvalue weighted by Crippen LogP contribution is -2.14. The Balaban J connectivity index is -0.000000207. The summed E-state index contributed by atoms with van der Waals surface area (Å²) in [5.41, 5.74) is 4.51. The fourth-order valence-electron chi connectivity index (χ4n) is 5.38.